The fourth-order valence-electron chi connectivity index (χ4n) is 2.37. The molecular weight excluding hydrogens is 290 g/mol. The summed E-state index contributed by atoms with van der Waals surface area (Å²) in [6.07, 6.45) is 0. The highest BCUT2D eigenvalue weighted by atomic mass is 16.8. The van der Waals surface area contributed by atoms with Crippen LogP contribution < -0.4 is 20.7 Å². The van der Waals surface area contributed by atoms with Crippen molar-refractivity contribution < 1.29 is 19.5 Å². The summed E-state index contributed by atoms with van der Waals surface area (Å²) in [5, 5.41) is 9.40. The lowest BCUT2D eigenvalue weighted by Gasteiger charge is -2.05. The highest BCUT2D eigenvalue weighted by Crippen LogP contribution is 2.39. The summed E-state index contributed by atoms with van der Waals surface area (Å²) in [6.45, 7) is 0. The molecule has 0 bridgehead atoms. The van der Waals surface area contributed by atoms with E-state index in [1.807, 2.05) is 0 Å². The first-order valence-corrected chi connectivity index (χ1v) is 6.34. The number of hydroxylamine groups is 1. The maximum absolute atomic E-state index is 12.4. The molecule has 0 fully saturated rings. The molecule has 0 aromatic heterocycles. The Balaban J connectivity index is 1.96. The van der Waals surface area contributed by atoms with Crippen molar-refractivity contribution in [2.75, 3.05) is 7.05 Å². The van der Waals surface area contributed by atoms with Gasteiger partial charge in [0.25, 0.3) is 0 Å². The molecule has 0 amide bonds. The first-order chi connectivity index (χ1) is 10.6. The molecule has 1 aliphatic carbocycles. The van der Waals surface area contributed by atoms with Crippen LogP contribution in [0.15, 0.2) is 36.4 Å². The number of nitrogens with one attached hydrogen (secondary N) is 2. The minimum Gasteiger partial charge on any atom is -0.409 e. The normalized spacial score (nSPS) is 11.6. The zero-order valence-corrected chi connectivity index (χ0v) is 11.5. The van der Waals surface area contributed by atoms with Gasteiger partial charge in [-0.25, -0.2) is 10.1 Å². The Morgan fingerprint density at radius 2 is 1.50 bits per heavy atom. The van der Waals surface area contributed by atoms with E-state index in [2.05, 4.69) is 5.48 Å². The Bertz CT molecular complexity index is 775. The molecular formula is C14H11N3O5. The number of fused-ring (bicyclic) bond motifs is 3. The fraction of sp³-hybridized carbons (Fsp3) is 0.0714. The summed E-state index contributed by atoms with van der Waals surface area (Å²) >= 11 is 0. The molecule has 0 aliphatic heterocycles. The molecule has 0 heterocycles. The molecule has 112 valence electrons. The van der Waals surface area contributed by atoms with E-state index in [-0.39, 0.29) is 11.5 Å². The number of carbonyl (C=O) groups excluding carboxylic acids is 1. The predicted octanol–water partition coefficient (Wildman–Crippen LogP) is 1.49. The molecule has 22 heavy (non-hydrogen) atoms. The van der Waals surface area contributed by atoms with Gasteiger partial charge in [-0.05, 0) is 47.5 Å². The lowest BCUT2D eigenvalue weighted by atomic mass is 10.1. The summed E-state index contributed by atoms with van der Waals surface area (Å²) in [5.41, 5.74) is 6.63. The first kappa shape index (κ1) is 13.8. The van der Waals surface area contributed by atoms with E-state index in [0.717, 1.165) is 11.1 Å². The number of nitrogens with zero attached hydrogens (tertiary/aromatic N) is 1. The average molecular weight is 301 g/mol. The van der Waals surface area contributed by atoms with Crippen LogP contribution in [0.1, 0.15) is 15.9 Å². The standard InChI is InChI=1S/C14H11N3O5/c1-15-21-8-2-4-10-11-5-3-9(22-16-17(19)20)7-13(11)14(18)12(10)6-8/h2-7,15-16H,1H3. The van der Waals surface area contributed by atoms with E-state index in [4.69, 9.17) is 9.68 Å². The Labute approximate surface area is 124 Å². The highest BCUT2D eigenvalue weighted by Gasteiger charge is 2.27. The van der Waals surface area contributed by atoms with Crippen LogP contribution in [0.25, 0.3) is 11.1 Å². The molecule has 8 heteroatoms. The van der Waals surface area contributed by atoms with Crippen LogP contribution in [0.5, 0.6) is 11.5 Å². The van der Waals surface area contributed by atoms with Gasteiger partial charge in [-0.3, -0.25) is 4.79 Å². The van der Waals surface area contributed by atoms with Crippen LogP contribution in [0.3, 0.4) is 0 Å². The second-order valence-electron chi connectivity index (χ2n) is 4.50. The zero-order valence-electron chi connectivity index (χ0n) is 11.5. The van der Waals surface area contributed by atoms with Crippen molar-refractivity contribution >= 4 is 5.78 Å². The molecule has 0 saturated carbocycles. The van der Waals surface area contributed by atoms with E-state index in [1.54, 1.807) is 43.0 Å². The topological polar surface area (TPSA) is 103 Å². The van der Waals surface area contributed by atoms with Crippen LogP contribution >= 0.6 is 0 Å². The molecule has 0 unspecified atom stereocenters. The Morgan fingerprint density at radius 3 is 2.00 bits per heavy atom. The van der Waals surface area contributed by atoms with Crippen molar-refractivity contribution in [1.29, 1.82) is 0 Å². The Kier molecular flexibility index (Phi) is 3.36. The monoisotopic (exact) mass is 301 g/mol. The van der Waals surface area contributed by atoms with Crippen LogP contribution in [0.2, 0.25) is 0 Å². The third kappa shape index (κ3) is 2.31. The summed E-state index contributed by atoms with van der Waals surface area (Å²) in [6, 6.07) is 9.89. The van der Waals surface area contributed by atoms with Crippen LogP contribution in [0.4, 0.5) is 0 Å². The molecule has 2 aromatic carbocycles. The third-order valence-corrected chi connectivity index (χ3v) is 3.22. The van der Waals surface area contributed by atoms with Crippen LogP contribution in [-0.4, -0.2) is 17.9 Å². The average Bonchev–Trinajstić information content (AvgIpc) is 2.78. The van der Waals surface area contributed by atoms with Crippen molar-refractivity contribution in [3.05, 3.63) is 57.6 Å². The van der Waals surface area contributed by atoms with Crippen molar-refractivity contribution in [2.45, 2.75) is 0 Å². The number of rotatable bonds is 5. The van der Waals surface area contributed by atoms with Gasteiger partial charge >= 0.3 is 0 Å². The van der Waals surface area contributed by atoms with E-state index < -0.39 is 5.03 Å². The molecule has 8 nitrogen and oxygen atoms in total. The van der Waals surface area contributed by atoms with Gasteiger partial charge in [0, 0.05) is 23.8 Å². The number of hydrazine groups is 1. The largest absolute Gasteiger partial charge is 0.409 e. The molecule has 0 spiro atoms. The van der Waals surface area contributed by atoms with Gasteiger partial charge in [-0.2, -0.15) is 5.48 Å². The Morgan fingerprint density at radius 1 is 0.955 bits per heavy atom. The quantitative estimate of drug-likeness (QED) is 0.543. The van der Waals surface area contributed by atoms with Crippen molar-refractivity contribution in [1.82, 2.24) is 11.1 Å². The van der Waals surface area contributed by atoms with Crippen molar-refractivity contribution in [2.24, 2.45) is 0 Å². The van der Waals surface area contributed by atoms with Crippen molar-refractivity contribution in [3.8, 4) is 22.6 Å². The van der Waals surface area contributed by atoms with E-state index >= 15 is 0 Å². The number of hydrogen-bond donors (Lipinski definition) is 2. The molecule has 2 N–H and O–H groups in total. The number of nitro groups is 1. The second-order valence-corrected chi connectivity index (χ2v) is 4.50. The minimum atomic E-state index is -0.828. The molecule has 1 aliphatic rings. The molecule has 0 atom stereocenters. The smallest absolute Gasteiger partial charge is 0.194 e. The molecule has 3 rings (SSSR count). The summed E-state index contributed by atoms with van der Waals surface area (Å²) in [5.74, 6) is 0.523. The third-order valence-electron chi connectivity index (χ3n) is 3.22. The highest BCUT2D eigenvalue weighted by molar-refractivity contribution is 6.22. The maximum atomic E-state index is 12.4. The van der Waals surface area contributed by atoms with Gasteiger partial charge in [0.2, 0.25) is 0 Å². The zero-order chi connectivity index (χ0) is 15.7. The summed E-state index contributed by atoms with van der Waals surface area (Å²) < 4.78 is 0. The number of ketones is 1. The SMILES string of the molecule is CNOc1ccc2c(c1)C(=O)c1cc(ON[N+](=O)[O-])ccc1-2. The lowest BCUT2D eigenvalue weighted by Crippen LogP contribution is -2.25. The van der Waals surface area contributed by atoms with Gasteiger partial charge in [-0.15, -0.1) is 0 Å². The Hall–Kier alpha value is -3.13. The number of hydrogen-bond acceptors (Lipinski definition) is 6. The summed E-state index contributed by atoms with van der Waals surface area (Å²) in [4.78, 5) is 32.6. The minimum absolute atomic E-state index is 0.182. The van der Waals surface area contributed by atoms with E-state index in [9.17, 15) is 14.9 Å². The van der Waals surface area contributed by atoms with E-state index in [0.29, 0.717) is 16.9 Å². The van der Waals surface area contributed by atoms with Gasteiger partial charge < -0.3 is 9.68 Å². The van der Waals surface area contributed by atoms with Gasteiger partial charge in [0.05, 0.1) is 0 Å². The lowest BCUT2D eigenvalue weighted by molar-refractivity contribution is -0.592. The van der Waals surface area contributed by atoms with Crippen molar-refractivity contribution in [3.63, 3.8) is 0 Å². The molecule has 2 aromatic rings. The van der Waals surface area contributed by atoms with Crippen LogP contribution in [-0.2, 0) is 0 Å². The molecule has 0 saturated heterocycles. The predicted molar refractivity (Wildman–Crippen MR) is 75.8 cm³/mol. The number of benzene rings is 2. The van der Waals surface area contributed by atoms with Crippen LogP contribution in [0, 0.1) is 10.1 Å². The number of carbonyl (C=O) groups is 1. The van der Waals surface area contributed by atoms with Gasteiger partial charge in [0.15, 0.2) is 16.6 Å². The summed E-state index contributed by atoms with van der Waals surface area (Å²) in [7, 11) is 1.62. The first-order valence-electron chi connectivity index (χ1n) is 6.34. The van der Waals surface area contributed by atoms with E-state index in [1.165, 1.54) is 6.07 Å². The molecule has 0 radical (unpaired) electrons. The van der Waals surface area contributed by atoms with Gasteiger partial charge in [-0.1, -0.05) is 0 Å². The fourth-order valence-corrected chi connectivity index (χ4v) is 2.37. The van der Waals surface area contributed by atoms with Gasteiger partial charge in [0.1, 0.15) is 5.75 Å². The maximum Gasteiger partial charge on any atom is 0.194 e. The second kappa shape index (κ2) is 5.34.